The zero-order valence-corrected chi connectivity index (χ0v) is 23.7. The number of halogens is 2. The molecule has 3 aromatic rings. The Hall–Kier alpha value is -2.34. The first-order valence-electron chi connectivity index (χ1n) is 14.1. The van der Waals surface area contributed by atoms with Crippen molar-refractivity contribution in [3.05, 3.63) is 69.3 Å². The van der Waals surface area contributed by atoms with Crippen LogP contribution in [0.3, 0.4) is 0 Å². The van der Waals surface area contributed by atoms with Crippen LogP contribution in [0.2, 0.25) is 10.0 Å². The SMILES string of the molecule is CCc1ccc(-c2c(C)c(C(=O)NCCNC3[C@H]4C[C@@H]5C[C@@H](C[C@H]3C5)C4)nn2-c2ccc(Cl)cc2Cl)cc1. The number of carbonyl (C=O) groups excluding carboxylic acids is 1. The number of rotatable bonds is 8. The first kappa shape index (κ1) is 25.9. The molecule has 1 heterocycles. The third-order valence-electron chi connectivity index (χ3n) is 9.13. The van der Waals surface area contributed by atoms with Gasteiger partial charge in [-0.25, -0.2) is 4.68 Å². The highest BCUT2D eigenvalue weighted by Crippen LogP contribution is 2.53. The minimum absolute atomic E-state index is 0.162. The molecule has 4 saturated carbocycles. The summed E-state index contributed by atoms with van der Waals surface area (Å²) in [6.45, 7) is 5.46. The summed E-state index contributed by atoms with van der Waals surface area (Å²) in [5.74, 6) is 3.42. The Morgan fingerprint density at radius 1 is 0.974 bits per heavy atom. The van der Waals surface area contributed by atoms with Gasteiger partial charge in [0.1, 0.15) is 0 Å². The molecule has 4 fully saturated rings. The number of aromatic nitrogens is 2. The summed E-state index contributed by atoms with van der Waals surface area (Å²) >= 11 is 12.8. The van der Waals surface area contributed by atoms with Crippen molar-refractivity contribution in [2.45, 2.75) is 58.4 Å². The quantitative estimate of drug-likeness (QED) is 0.301. The van der Waals surface area contributed by atoms with Gasteiger partial charge in [-0.1, -0.05) is 54.4 Å². The number of nitrogens with zero attached hydrogens (tertiary/aromatic N) is 2. The van der Waals surface area contributed by atoms with Crippen molar-refractivity contribution in [1.82, 2.24) is 20.4 Å². The molecular formula is C31H36Cl2N4O. The minimum Gasteiger partial charge on any atom is -0.349 e. The highest BCUT2D eigenvalue weighted by molar-refractivity contribution is 6.35. The van der Waals surface area contributed by atoms with Crippen LogP contribution in [0, 0.1) is 30.6 Å². The minimum atomic E-state index is -0.162. The Kier molecular flexibility index (Phi) is 7.28. The Bertz CT molecular complexity index is 1300. The van der Waals surface area contributed by atoms with Crippen LogP contribution in [-0.4, -0.2) is 34.8 Å². The molecule has 2 N–H and O–H groups in total. The third kappa shape index (κ3) is 4.89. The monoisotopic (exact) mass is 550 g/mol. The molecule has 1 aromatic heterocycles. The second kappa shape index (κ2) is 10.7. The first-order chi connectivity index (χ1) is 18.4. The van der Waals surface area contributed by atoms with Crippen LogP contribution in [0.1, 0.15) is 60.6 Å². The number of nitrogens with one attached hydrogen (secondary N) is 2. The van der Waals surface area contributed by atoms with Crippen molar-refractivity contribution in [3.63, 3.8) is 0 Å². The zero-order chi connectivity index (χ0) is 26.4. The van der Waals surface area contributed by atoms with E-state index < -0.39 is 0 Å². The van der Waals surface area contributed by atoms with Crippen molar-refractivity contribution in [1.29, 1.82) is 0 Å². The fourth-order valence-electron chi connectivity index (χ4n) is 7.53. The Morgan fingerprint density at radius 2 is 1.66 bits per heavy atom. The van der Waals surface area contributed by atoms with E-state index >= 15 is 0 Å². The van der Waals surface area contributed by atoms with Crippen molar-refractivity contribution in [2.75, 3.05) is 13.1 Å². The zero-order valence-electron chi connectivity index (χ0n) is 22.1. The average Bonchev–Trinajstić information content (AvgIpc) is 3.24. The summed E-state index contributed by atoms with van der Waals surface area (Å²) in [4.78, 5) is 13.4. The normalized spacial score (nSPS) is 25.6. The van der Waals surface area contributed by atoms with Crippen LogP contribution in [0.25, 0.3) is 16.9 Å². The molecule has 200 valence electrons. The maximum Gasteiger partial charge on any atom is 0.272 e. The van der Waals surface area contributed by atoms with Gasteiger partial charge in [0.2, 0.25) is 0 Å². The lowest BCUT2D eigenvalue weighted by Gasteiger charge is -2.54. The summed E-state index contributed by atoms with van der Waals surface area (Å²) in [5, 5.41) is 12.7. The lowest BCUT2D eigenvalue weighted by Crippen LogP contribution is -2.55. The van der Waals surface area contributed by atoms with Gasteiger partial charge < -0.3 is 10.6 Å². The summed E-state index contributed by atoms with van der Waals surface area (Å²) in [6, 6.07) is 14.4. The molecule has 5 nitrogen and oxygen atoms in total. The van der Waals surface area contributed by atoms with E-state index in [-0.39, 0.29) is 5.91 Å². The predicted octanol–water partition coefficient (Wildman–Crippen LogP) is 6.86. The number of benzene rings is 2. The van der Waals surface area contributed by atoms with E-state index in [2.05, 4.69) is 41.8 Å². The molecule has 0 radical (unpaired) electrons. The number of amides is 1. The molecule has 4 aliphatic rings. The highest BCUT2D eigenvalue weighted by Gasteiger charge is 2.47. The molecule has 1 amide bonds. The molecular weight excluding hydrogens is 515 g/mol. The molecule has 38 heavy (non-hydrogen) atoms. The maximum absolute atomic E-state index is 13.4. The van der Waals surface area contributed by atoms with Gasteiger partial charge in [-0.15, -0.1) is 0 Å². The van der Waals surface area contributed by atoms with Gasteiger partial charge in [-0.05, 0) is 92.9 Å². The average molecular weight is 552 g/mol. The molecule has 7 rings (SSSR count). The van der Waals surface area contributed by atoms with E-state index in [0.29, 0.717) is 34.0 Å². The van der Waals surface area contributed by atoms with Crippen LogP contribution >= 0.6 is 23.2 Å². The van der Waals surface area contributed by atoms with Crippen LogP contribution in [0.4, 0.5) is 0 Å². The Labute approximate surface area is 235 Å². The largest absolute Gasteiger partial charge is 0.349 e. The number of hydrogen-bond donors (Lipinski definition) is 2. The van der Waals surface area contributed by atoms with Crippen LogP contribution in [0.15, 0.2) is 42.5 Å². The number of carbonyl (C=O) groups is 1. The highest BCUT2D eigenvalue weighted by atomic mass is 35.5. The molecule has 0 aliphatic heterocycles. The van der Waals surface area contributed by atoms with Gasteiger partial charge in [0.25, 0.3) is 5.91 Å². The topological polar surface area (TPSA) is 59.0 Å². The Balaban J connectivity index is 1.20. The van der Waals surface area contributed by atoms with Crippen molar-refractivity contribution < 1.29 is 4.79 Å². The van der Waals surface area contributed by atoms with Gasteiger partial charge in [-0.3, -0.25) is 4.79 Å². The lowest BCUT2D eigenvalue weighted by atomic mass is 9.54. The van der Waals surface area contributed by atoms with E-state index in [9.17, 15) is 4.79 Å². The van der Waals surface area contributed by atoms with Crippen LogP contribution in [0.5, 0.6) is 0 Å². The van der Waals surface area contributed by atoms with Gasteiger partial charge in [0, 0.05) is 35.3 Å². The second-order valence-corrected chi connectivity index (χ2v) is 12.4. The fraction of sp³-hybridized carbons (Fsp3) is 0.484. The second-order valence-electron chi connectivity index (χ2n) is 11.5. The van der Waals surface area contributed by atoms with Crippen molar-refractivity contribution in [2.24, 2.45) is 23.7 Å². The molecule has 0 unspecified atom stereocenters. The smallest absolute Gasteiger partial charge is 0.272 e. The van der Waals surface area contributed by atoms with E-state index in [4.69, 9.17) is 28.3 Å². The van der Waals surface area contributed by atoms with Gasteiger partial charge in [-0.2, -0.15) is 5.10 Å². The predicted molar refractivity (Wildman–Crippen MR) is 154 cm³/mol. The van der Waals surface area contributed by atoms with Gasteiger partial charge >= 0.3 is 0 Å². The third-order valence-corrected chi connectivity index (χ3v) is 9.67. The summed E-state index contributed by atoms with van der Waals surface area (Å²) in [6.07, 6.45) is 8.00. The van der Waals surface area contributed by atoms with Crippen molar-refractivity contribution in [3.8, 4) is 16.9 Å². The molecule has 0 saturated heterocycles. The van der Waals surface area contributed by atoms with Crippen molar-refractivity contribution >= 4 is 29.1 Å². The fourth-order valence-corrected chi connectivity index (χ4v) is 8.02. The summed E-state index contributed by atoms with van der Waals surface area (Å²) < 4.78 is 1.77. The molecule has 4 aliphatic carbocycles. The van der Waals surface area contributed by atoms with Crippen LogP contribution in [-0.2, 0) is 6.42 Å². The van der Waals surface area contributed by atoms with E-state index in [0.717, 1.165) is 53.5 Å². The molecule has 4 bridgehead atoms. The summed E-state index contributed by atoms with van der Waals surface area (Å²) in [5.41, 5.74) is 5.03. The standard InChI is InChI=1S/C31H36Cl2N4O/c1-3-19-4-6-22(7-5-19)30-18(2)28(36-37(30)27-9-8-25(32)17-26(27)33)31(38)35-11-10-34-29-23-13-20-12-21(15-23)16-24(29)14-20/h4-9,17,20-21,23-24,29,34H,3,10-16H2,1-2H3,(H,35,38)/t20-,21+,23-,24+,29?. The molecule has 0 spiro atoms. The summed E-state index contributed by atoms with van der Waals surface area (Å²) in [7, 11) is 0. The first-order valence-corrected chi connectivity index (χ1v) is 14.8. The molecule has 2 aromatic carbocycles. The van der Waals surface area contributed by atoms with Gasteiger partial charge in [0.05, 0.1) is 16.4 Å². The Morgan fingerprint density at radius 3 is 2.29 bits per heavy atom. The maximum atomic E-state index is 13.4. The number of hydrogen-bond acceptors (Lipinski definition) is 3. The lowest BCUT2D eigenvalue weighted by molar-refractivity contribution is -0.0133. The molecule has 0 atom stereocenters. The van der Waals surface area contributed by atoms with E-state index in [1.54, 1.807) is 16.8 Å². The van der Waals surface area contributed by atoms with E-state index in [1.165, 1.54) is 37.7 Å². The van der Waals surface area contributed by atoms with Gasteiger partial charge in [0.15, 0.2) is 5.69 Å². The number of aryl methyl sites for hydroxylation is 1. The van der Waals surface area contributed by atoms with E-state index in [1.807, 2.05) is 13.0 Å². The molecule has 7 heteroatoms. The van der Waals surface area contributed by atoms with Crippen LogP contribution < -0.4 is 10.6 Å².